The summed E-state index contributed by atoms with van der Waals surface area (Å²) in [5.74, 6) is -2.35. The van der Waals surface area contributed by atoms with Crippen molar-refractivity contribution in [3.8, 4) is 0 Å². The van der Waals surface area contributed by atoms with Crippen LogP contribution in [0.1, 0.15) is 310 Å². The number of ether oxygens (including phenoxy) is 4. The molecule has 0 spiro atoms. The molecule has 0 aliphatic heterocycles. The Kier molecular flexibility index (Phi) is 71.0. The minimum atomic E-state index is -5.01. The van der Waals surface area contributed by atoms with Crippen LogP contribution in [0, 0.1) is 0 Å². The van der Waals surface area contributed by atoms with Crippen molar-refractivity contribution in [3.05, 3.63) is 134 Å². The Morgan fingerprint density at radius 1 is 0.294 bits per heavy atom. The smallest absolute Gasteiger partial charge is 0.462 e. The number of carbonyl (C=O) groups excluding carboxylic acids is 4. The highest BCUT2D eigenvalue weighted by atomic mass is 31.2. The molecule has 0 saturated carbocycles. The number of allylic oxidation sites excluding steroid dienone is 21. The number of aliphatic hydroxyl groups is 1. The van der Waals surface area contributed by atoms with E-state index in [4.69, 9.17) is 37.0 Å². The first kappa shape index (κ1) is 97.2. The molecule has 5 atom stereocenters. The van der Waals surface area contributed by atoms with Gasteiger partial charge in [0.2, 0.25) is 0 Å². The van der Waals surface area contributed by atoms with Gasteiger partial charge in [-0.25, -0.2) is 9.13 Å². The van der Waals surface area contributed by atoms with Gasteiger partial charge in [0.25, 0.3) is 0 Å². The summed E-state index contributed by atoms with van der Waals surface area (Å²) in [6.45, 7) is 4.48. The molecule has 0 aromatic heterocycles. The Hall–Kier alpha value is -4.80. The van der Waals surface area contributed by atoms with E-state index < -0.39 is 97.5 Å². The number of hydrogen-bond donors (Lipinski definition) is 3. The highest BCUT2D eigenvalue weighted by molar-refractivity contribution is 7.47. The summed E-state index contributed by atoms with van der Waals surface area (Å²) in [5, 5.41) is 10.6. The van der Waals surface area contributed by atoms with Crippen molar-refractivity contribution in [3.63, 3.8) is 0 Å². The van der Waals surface area contributed by atoms with Crippen molar-refractivity contribution in [1.82, 2.24) is 0 Å². The lowest BCUT2D eigenvalue weighted by atomic mass is 10.0. The van der Waals surface area contributed by atoms with Crippen molar-refractivity contribution in [1.29, 1.82) is 0 Å². The standard InChI is InChI=1S/C83H140O17P2/c1-5-9-13-17-21-25-29-33-36-37-38-39-42-45-48-52-56-60-64-68-81(86)94-74-79(100-83(88)70-66-62-58-54-50-46-41-35-31-27-23-19-15-11-7-3)76-98-102(91,92)96-72-77(84)71-95-101(89,90)97-75-78(99-82(87)69-65-61-57-53-49-43-32-28-24-20-16-12-8-4)73-93-80(85)67-63-59-55-51-47-44-40-34-30-26-22-18-14-10-6-2/h10-11,14-15,21-23,25-27,33-36,38-41,50,54,62,66,77-79,84H,5-9,12-13,16-20,24,28-32,37,42-49,51-53,55-61,63-65,67-76H2,1-4H3,(H,89,90)(H,91,92)/b14-10-,15-11-,25-21-,26-22-,27-23-,36-33-,39-38-,40-34-,41-35-,54-50-,66-62-. The van der Waals surface area contributed by atoms with Gasteiger partial charge < -0.3 is 33.8 Å². The Morgan fingerprint density at radius 3 is 0.892 bits per heavy atom. The summed E-state index contributed by atoms with van der Waals surface area (Å²) in [6.07, 6.45) is 83.2. The van der Waals surface area contributed by atoms with Gasteiger partial charge in [-0.3, -0.25) is 37.3 Å². The van der Waals surface area contributed by atoms with Gasteiger partial charge in [0.05, 0.1) is 32.8 Å². The van der Waals surface area contributed by atoms with Crippen LogP contribution in [0.15, 0.2) is 134 Å². The van der Waals surface area contributed by atoms with Gasteiger partial charge in [0.1, 0.15) is 19.3 Å². The number of rotatable bonds is 73. The van der Waals surface area contributed by atoms with Crippen LogP contribution in [0.3, 0.4) is 0 Å². The predicted octanol–water partition coefficient (Wildman–Crippen LogP) is 22.9. The molecule has 3 N–H and O–H groups in total. The molecule has 0 heterocycles. The molecule has 19 heteroatoms. The first-order chi connectivity index (χ1) is 49.7. The molecule has 0 rings (SSSR count). The van der Waals surface area contributed by atoms with Crippen LogP contribution in [0.2, 0.25) is 0 Å². The minimum absolute atomic E-state index is 0.0888. The summed E-state index contributed by atoms with van der Waals surface area (Å²) >= 11 is 0. The molecule has 0 bridgehead atoms. The van der Waals surface area contributed by atoms with Crippen LogP contribution >= 0.6 is 15.6 Å². The summed E-state index contributed by atoms with van der Waals surface area (Å²) < 4.78 is 68.4. The van der Waals surface area contributed by atoms with Crippen molar-refractivity contribution >= 4 is 39.5 Å². The molecule has 0 fully saturated rings. The van der Waals surface area contributed by atoms with Gasteiger partial charge in [0.15, 0.2) is 12.2 Å². The number of phosphoric acid groups is 2. The second kappa shape index (κ2) is 74.5. The summed E-state index contributed by atoms with van der Waals surface area (Å²) in [6, 6.07) is 0. The molecule has 0 aliphatic rings. The topological polar surface area (TPSA) is 237 Å². The zero-order valence-electron chi connectivity index (χ0n) is 63.7. The van der Waals surface area contributed by atoms with Crippen LogP contribution in [0.5, 0.6) is 0 Å². The maximum Gasteiger partial charge on any atom is 0.472 e. The second-order valence-electron chi connectivity index (χ2n) is 25.9. The monoisotopic (exact) mass is 1470 g/mol. The first-order valence-electron chi connectivity index (χ1n) is 39.4. The third-order valence-electron chi connectivity index (χ3n) is 16.1. The van der Waals surface area contributed by atoms with E-state index in [0.717, 1.165) is 161 Å². The number of esters is 4. The molecule has 0 saturated heterocycles. The predicted molar refractivity (Wildman–Crippen MR) is 418 cm³/mol. The fourth-order valence-corrected chi connectivity index (χ4v) is 11.8. The third-order valence-corrected chi connectivity index (χ3v) is 18.0. The Morgan fingerprint density at radius 2 is 0.549 bits per heavy atom. The zero-order valence-corrected chi connectivity index (χ0v) is 65.5. The lowest BCUT2D eigenvalue weighted by molar-refractivity contribution is -0.161. The van der Waals surface area contributed by atoms with Gasteiger partial charge in [-0.1, -0.05) is 296 Å². The van der Waals surface area contributed by atoms with Crippen molar-refractivity contribution in [2.24, 2.45) is 0 Å². The molecule has 0 radical (unpaired) electrons. The van der Waals surface area contributed by atoms with Gasteiger partial charge in [-0.2, -0.15) is 0 Å². The van der Waals surface area contributed by atoms with Crippen LogP contribution in [-0.2, 0) is 65.4 Å². The molecular formula is C83H140O17P2. The van der Waals surface area contributed by atoms with Crippen molar-refractivity contribution in [2.75, 3.05) is 39.6 Å². The summed E-state index contributed by atoms with van der Waals surface area (Å²) in [4.78, 5) is 72.9. The van der Waals surface area contributed by atoms with E-state index >= 15 is 0 Å². The maximum atomic E-state index is 13.1. The van der Waals surface area contributed by atoms with Crippen LogP contribution in [0.4, 0.5) is 0 Å². The fraction of sp³-hybridized carbons (Fsp3) is 0.687. The van der Waals surface area contributed by atoms with Crippen LogP contribution in [-0.4, -0.2) is 96.7 Å². The molecule has 0 aromatic rings. The molecule has 0 aromatic carbocycles. The fourth-order valence-electron chi connectivity index (χ4n) is 10.2. The van der Waals surface area contributed by atoms with Gasteiger partial charge >= 0.3 is 39.5 Å². The van der Waals surface area contributed by atoms with Gasteiger partial charge in [-0.15, -0.1) is 0 Å². The number of aliphatic hydroxyl groups excluding tert-OH is 1. The molecule has 584 valence electrons. The molecule has 0 amide bonds. The van der Waals surface area contributed by atoms with E-state index in [0.29, 0.717) is 25.7 Å². The Bertz CT molecular complexity index is 2460. The van der Waals surface area contributed by atoms with Crippen LogP contribution in [0.25, 0.3) is 0 Å². The lowest BCUT2D eigenvalue weighted by Gasteiger charge is -2.21. The average Bonchev–Trinajstić information content (AvgIpc) is 0.907. The van der Waals surface area contributed by atoms with E-state index in [9.17, 15) is 43.2 Å². The van der Waals surface area contributed by atoms with E-state index in [-0.39, 0.29) is 25.7 Å². The number of hydrogen-bond acceptors (Lipinski definition) is 15. The second-order valence-corrected chi connectivity index (χ2v) is 28.8. The highest BCUT2D eigenvalue weighted by Gasteiger charge is 2.30. The molecule has 0 aliphatic carbocycles. The molecule has 17 nitrogen and oxygen atoms in total. The minimum Gasteiger partial charge on any atom is -0.462 e. The Labute approximate surface area is 618 Å². The molecule has 102 heavy (non-hydrogen) atoms. The SMILES string of the molecule is CC/C=C\C/C=C\C/C=C\C/C=C\C/C=C\CC(=O)OC(COC(=O)CCCCCCCC/C=C\C/C=C\C/C=C\CCCCC)COP(=O)(O)OCC(O)COP(=O)(O)OCC(COC(=O)CCCCCCC/C=C\C/C=C\C/C=C\CC)OC(=O)CCCCCCCCCCCCCCC. The van der Waals surface area contributed by atoms with E-state index in [2.05, 4.69) is 137 Å². The lowest BCUT2D eigenvalue weighted by Crippen LogP contribution is -2.30. The molecular weight excluding hydrogens is 1330 g/mol. The van der Waals surface area contributed by atoms with Gasteiger partial charge in [-0.05, 0) is 122 Å². The average molecular weight is 1470 g/mol. The van der Waals surface area contributed by atoms with E-state index in [1.54, 1.807) is 12.2 Å². The van der Waals surface area contributed by atoms with Crippen molar-refractivity contribution in [2.45, 2.75) is 329 Å². The van der Waals surface area contributed by atoms with Gasteiger partial charge in [0, 0.05) is 19.3 Å². The first-order valence-corrected chi connectivity index (χ1v) is 42.4. The number of carbonyl (C=O) groups is 4. The maximum absolute atomic E-state index is 13.1. The summed E-state index contributed by atoms with van der Waals surface area (Å²) in [5.41, 5.74) is 0. The number of unbranched alkanes of at least 4 members (excludes halogenated alkanes) is 26. The zero-order chi connectivity index (χ0) is 74.6. The summed E-state index contributed by atoms with van der Waals surface area (Å²) in [7, 11) is -9.99. The quantitative estimate of drug-likeness (QED) is 0.0169. The van der Waals surface area contributed by atoms with Crippen molar-refractivity contribution < 1.29 is 80.2 Å². The normalized spacial score (nSPS) is 14.6. The van der Waals surface area contributed by atoms with E-state index in [1.165, 1.54) is 70.6 Å². The Balaban J connectivity index is 5.43. The number of phosphoric ester groups is 2. The largest absolute Gasteiger partial charge is 0.472 e. The highest BCUT2D eigenvalue weighted by Crippen LogP contribution is 2.45. The third kappa shape index (κ3) is 73.5. The van der Waals surface area contributed by atoms with Crippen LogP contribution < -0.4 is 0 Å². The molecule has 5 unspecified atom stereocenters. The van der Waals surface area contributed by atoms with E-state index in [1.807, 2.05) is 12.2 Å².